The van der Waals surface area contributed by atoms with E-state index in [1.807, 2.05) is 0 Å². The summed E-state index contributed by atoms with van der Waals surface area (Å²) in [6, 6.07) is 55.0. The Balaban J connectivity index is 0.000000238. The SMILES string of the molecule is C[SiH]C.Cl.[Nd].c1ccc(-c2c[cH-]cc2-c2ccccc2)cc1.c1ccc(-c2c[cH-]cc2-c2ccccc2)cc1. The van der Waals surface area contributed by atoms with Gasteiger partial charge in [0.2, 0.25) is 0 Å². The summed E-state index contributed by atoms with van der Waals surface area (Å²) >= 11 is 0. The number of hydrogen-bond acceptors (Lipinski definition) is 0. The van der Waals surface area contributed by atoms with Gasteiger partial charge in [0.05, 0.1) is 0 Å². The second-order valence-corrected chi connectivity index (χ2v) is 9.90. The molecule has 0 amide bonds. The van der Waals surface area contributed by atoms with Crippen molar-refractivity contribution in [3.05, 3.63) is 158 Å². The van der Waals surface area contributed by atoms with Crippen LogP contribution in [0.1, 0.15) is 0 Å². The van der Waals surface area contributed by atoms with E-state index in [0.29, 0.717) is 0 Å². The molecule has 0 unspecified atom stereocenters. The summed E-state index contributed by atoms with van der Waals surface area (Å²) in [6.45, 7) is 4.42. The molecule has 0 nitrogen and oxygen atoms in total. The molecule has 3 heteroatoms. The van der Waals surface area contributed by atoms with Crippen LogP contribution in [0.15, 0.2) is 158 Å². The van der Waals surface area contributed by atoms with Crippen molar-refractivity contribution in [1.29, 1.82) is 0 Å². The molecule has 0 saturated heterocycles. The van der Waals surface area contributed by atoms with Crippen LogP contribution in [0.25, 0.3) is 44.5 Å². The Bertz CT molecular complexity index is 1220. The van der Waals surface area contributed by atoms with E-state index >= 15 is 0 Å². The van der Waals surface area contributed by atoms with Crippen LogP contribution in [0.5, 0.6) is 0 Å². The second kappa shape index (κ2) is 17.9. The Morgan fingerprint density at radius 1 is 0.385 bits per heavy atom. The van der Waals surface area contributed by atoms with Crippen molar-refractivity contribution in [2.45, 2.75) is 13.1 Å². The molecule has 6 aromatic rings. The molecular weight excluding hydrogens is 640 g/mol. The fraction of sp³-hybridized carbons (Fsp3) is 0.0556. The van der Waals surface area contributed by atoms with Gasteiger partial charge in [0.15, 0.2) is 0 Å². The molecular formula is C36H34ClNdSi-2. The zero-order valence-electron chi connectivity index (χ0n) is 22.5. The monoisotopic (exact) mass is 671 g/mol. The molecule has 0 aliphatic rings. The molecule has 0 atom stereocenters. The molecule has 195 valence electrons. The maximum Gasteiger partial charge on any atom is 0.0213 e. The average Bonchev–Trinajstić information content (AvgIpc) is 3.67. The Hall–Kier alpha value is -2.56. The Kier molecular flexibility index (Phi) is 15.0. The van der Waals surface area contributed by atoms with Gasteiger partial charge < -0.3 is 0 Å². The summed E-state index contributed by atoms with van der Waals surface area (Å²) in [5, 5.41) is 0. The Labute approximate surface area is 275 Å². The minimum Gasteiger partial charge on any atom is -0.175 e. The maximum absolute atomic E-state index is 2.21. The molecule has 1 radical (unpaired) electrons. The third-order valence-electron chi connectivity index (χ3n) is 5.97. The van der Waals surface area contributed by atoms with Gasteiger partial charge in [0, 0.05) is 50.4 Å². The van der Waals surface area contributed by atoms with Gasteiger partial charge in [-0.05, 0) is 0 Å². The van der Waals surface area contributed by atoms with E-state index in [1.54, 1.807) is 0 Å². The molecule has 0 heterocycles. The van der Waals surface area contributed by atoms with Crippen LogP contribution in [-0.2, 0) is 0 Å². The predicted octanol–water partition coefficient (Wildman–Crippen LogP) is 10.4. The largest absolute Gasteiger partial charge is 0.175 e. The zero-order valence-corrected chi connectivity index (χ0v) is 27.7. The molecule has 0 N–H and O–H groups in total. The minimum atomic E-state index is 0. The van der Waals surface area contributed by atoms with Crippen molar-refractivity contribution >= 4 is 21.9 Å². The first-order valence-corrected chi connectivity index (χ1v) is 15.1. The van der Waals surface area contributed by atoms with Gasteiger partial charge in [-0.2, -0.15) is 58.7 Å². The maximum atomic E-state index is 2.21. The number of hydrogen-bond donors (Lipinski definition) is 0. The van der Waals surface area contributed by atoms with E-state index in [4.69, 9.17) is 0 Å². The molecule has 0 bridgehead atoms. The zero-order chi connectivity index (χ0) is 25.7. The molecule has 6 aromatic carbocycles. The number of benzene rings is 4. The minimum absolute atomic E-state index is 0. The van der Waals surface area contributed by atoms with E-state index < -0.39 is 0 Å². The van der Waals surface area contributed by atoms with E-state index in [0.717, 1.165) is 9.52 Å². The van der Waals surface area contributed by atoms with E-state index in [9.17, 15) is 0 Å². The van der Waals surface area contributed by atoms with E-state index in [1.165, 1.54) is 44.5 Å². The third-order valence-corrected chi connectivity index (χ3v) is 5.97. The summed E-state index contributed by atoms with van der Waals surface area (Å²) in [5.41, 5.74) is 10.3. The van der Waals surface area contributed by atoms with Crippen LogP contribution in [0.2, 0.25) is 13.1 Å². The van der Waals surface area contributed by atoms with Gasteiger partial charge in [-0.15, -0.1) is 12.4 Å². The van der Waals surface area contributed by atoms with Crippen LogP contribution in [0.4, 0.5) is 0 Å². The standard InChI is InChI=1S/2C17H13.C2H7Si.ClH.Nd/c2*1-3-8-14(9-4-1)16-12-7-13-17(16)15-10-5-2-6-11-15;1-3-2;;/h2*1-13H;3H,1-2H3;1H;/q2*-1;;;. The van der Waals surface area contributed by atoms with Crippen molar-refractivity contribution in [1.82, 2.24) is 0 Å². The second-order valence-electron chi connectivity index (χ2n) is 8.75. The summed E-state index contributed by atoms with van der Waals surface area (Å²) < 4.78 is 0. The van der Waals surface area contributed by atoms with Gasteiger partial charge >= 0.3 is 0 Å². The van der Waals surface area contributed by atoms with Gasteiger partial charge in [-0.25, -0.2) is 0 Å². The summed E-state index contributed by atoms with van der Waals surface area (Å²) in [5.74, 6) is 0. The van der Waals surface area contributed by atoms with Crippen molar-refractivity contribution in [3.63, 3.8) is 0 Å². The molecule has 0 saturated carbocycles. The Morgan fingerprint density at radius 2 is 0.564 bits per heavy atom. The first-order chi connectivity index (χ1) is 18.3. The molecule has 6 rings (SSSR count). The van der Waals surface area contributed by atoms with E-state index in [2.05, 4.69) is 171 Å². The van der Waals surface area contributed by atoms with Crippen LogP contribution >= 0.6 is 12.4 Å². The van der Waals surface area contributed by atoms with Crippen molar-refractivity contribution in [3.8, 4) is 44.5 Å². The quantitative estimate of drug-likeness (QED) is 0.129. The fourth-order valence-corrected chi connectivity index (χ4v) is 4.32. The first kappa shape index (κ1) is 32.6. The van der Waals surface area contributed by atoms with E-state index in [-0.39, 0.29) is 53.2 Å². The van der Waals surface area contributed by atoms with Gasteiger partial charge in [-0.1, -0.05) is 157 Å². The van der Waals surface area contributed by atoms with Crippen LogP contribution < -0.4 is 0 Å². The Morgan fingerprint density at radius 3 is 0.744 bits per heavy atom. The predicted molar refractivity (Wildman–Crippen MR) is 172 cm³/mol. The van der Waals surface area contributed by atoms with Crippen molar-refractivity contribution in [2.24, 2.45) is 0 Å². The summed E-state index contributed by atoms with van der Waals surface area (Å²) in [6.07, 6.45) is 0. The van der Waals surface area contributed by atoms with Crippen LogP contribution in [-0.4, -0.2) is 9.52 Å². The molecule has 0 fully saturated rings. The van der Waals surface area contributed by atoms with Gasteiger partial charge in [-0.3, -0.25) is 0 Å². The normalized spacial score (nSPS) is 9.49. The average molecular weight is 674 g/mol. The molecule has 0 aliphatic carbocycles. The smallest absolute Gasteiger partial charge is 0.0213 e. The van der Waals surface area contributed by atoms with Crippen LogP contribution in [0, 0.1) is 40.8 Å². The fourth-order valence-electron chi connectivity index (χ4n) is 4.32. The number of halogens is 1. The topological polar surface area (TPSA) is 0 Å². The number of rotatable bonds is 4. The third kappa shape index (κ3) is 9.25. The summed E-state index contributed by atoms with van der Waals surface area (Å²) in [7, 11) is 0.750. The van der Waals surface area contributed by atoms with Gasteiger partial charge in [0.25, 0.3) is 0 Å². The molecule has 0 spiro atoms. The van der Waals surface area contributed by atoms with Crippen molar-refractivity contribution < 1.29 is 40.8 Å². The van der Waals surface area contributed by atoms with Crippen LogP contribution in [0.3, 0.4) is 0 Å². The molecule has 0 aromatic heterocycles. The first-order valence-electron chi connectivity index (χ1n) is 12.8. The molecule has 0 aliphatic heterocycles. The molecule has 39 heavy (non-hydrogen) atoms. The summed E-state index contributed by atoms with van der Waals surface area (Å²) in [4.78, 5) is 0. The van der Waals surface area contributed by atoms with Crippen molar-refractivity contribution in [2.75, 3.05) is 0 Å². The van der Waals surface area contributed by atoms with Gasteiger partial charge in [0.1, 0.15) is 0 Å².